The van der Waals surface area contributed by atoms with Crippen molar-refractivity contribution < 1.29 is 29.6 Å². The summed E-state index contributed by atoms with van der Waals surface area (Å²) in [7, 11) is 0. The van der Waals surface area contributed by atoms with Crippen LogP contribution in [-0.4, -0.2) is 80.0 Å². The minimum absolute atomic E-state index is 0.0417. The van der Waals surface area contributed by atoms with Crippen LogP contribution in [0.2, 0.25) is 0 Å². The Morgan fingerprint density at radius 3 is 2.56 bits per heavy atom. The summed E-state index contributed by atoms with van der Waals surface area (Å²) in [5, 5.41) is 34.7. The van der Waals surface area contributed by atoms with E-state index in [4.69, 9.17) is 4.74 Å². The van der Waals surface area contributed by atoms with Crippen LogP contribution in [0, 0.1) is 17.3 Å². The van der Waals surface area contributed by atoms with E-state index in [0.29, 0.717) is 13.0 Å². The van der Waals surface area contributed by atoms with Crippen LogP contribution in [0.5, 0.6) is 0 Å². The van der Waals surface area contributed by atoms with Crippen LogP contribution in [0.1, 0.15) is 91.3 Å². The zero-order valence-corrected chi connectivity index (χ0v) is 25.5. The van der Waals surface area contributed by atoms with E-state index in [-0.39, 0.29) is 36.3 Å². The number of ketones is 1. The van der Waals surface area contributed by atoms with Crippen molar-refractivity contribution in [3.8, 4) is 0 Å². The number of ether oxygens (including phenoxy) is 1. The number of aliphatic hydroxyl groups is 3. The van der Waals surface area contributed by atoms with Gasteiger partial charge in [0.05, 0.1) is 41.4 Å². The van der Waals surface area contributed by atoms with Crippen molar-refractivity contribution in [2.45, 2.75) is 117 Å². The number of rotatable bonds is 5. The fraction of sp³-hybridized carbons (Fsp3) is 0.767. The molecule has 0 bridgehead atoms. The van der Waals surface area contributed by atoms with Crippen LogP contribution in [0.3, 0.4) is 0 Å². The molecule has 1 aromatic rings. The zero-order valence-electron chi connectivity index (χ0n) is 24.6. The summed E-state index contributed by atoms with van der Waals surface area (Å²) in [6, 6.07) is 0.113. The lowest BCUT2D eigenvalue weighted by Gasteiger charge is -2.34. The molecule has 2 fully saturated rings. The van der Waals surface area contributed by atoms with E-state index >= 15 is 0 Å². The molecule has 2 saturated heterocycles. The number of aliphatic hydroxyl groups excluding tert-OH is 3. The number of hydrogen-bond acceptors (Lipinski definition) is 9. The average Bonchev–Trinajstić information content (AvgIpc) is 3.19. The van der Waals surface area contributed by atoms with Crippen molar-refractivity contribution in [1.82, 2.24) is 9.88 Å². The van der Waals surface area contributed by atoms with Crippen LogP contribution in [0.25, 0.3) is 6.08 Å². The largest absolute Gasteiger partial charge is 0.458 e. The first-order valence-electron chi connectivity index (χ1n) is 14.4. The van der Waals surface area contributed by atoms with Gasteiger partial charge in [0.25, 0.3) is 0 Å². The van der Waals surface area contributed by atoms with Crippen LogP contribution in [-0.2, 0) is 20.7 Å². The lowest BCUT2D eigenvalue weighted by atomic mass is 9.73. The Bertz CT molecular complexity index is 1040. The van der Waals surface area contributed by atoms with Gasteiger partial charge in [-0.3, -0.25) is 14.5 Å². The molecular weight excluding hydrogens is 516 g/mol. The molecule has 3 heterocycles. The molecule has 0 aromatic carbocycles. The second kappa shape index (κ2) is 12.9. The molecule has 0 spiro atoms. The number of Topliss-reactive ketones (excluding diaryl/α,β-unsaturated/α-hetero) is 1. The van der Waals surface area contributed by atoms with E-state index < -0.39 is 35.6 Å². The Balaban J connectivity index is 1.93. The lowest BCUT2D eigenvalue weighted by molar-refractivity contribution is -0.154. The molecule has 39 heavy (non-hydrogen) atoms. The van der Waals surface area contributed by atoms with Crippen molar-refractivity contribution in [3.05, 3.63) is 21.7 Å². The normalized spacial score (nSPS) is 36.8. The van der Waals surface area contributed by atoms with Gasteiger partial charge in [0, 0.05) is 35.8 Å². The number of cyclic esters (lactones) is 1. The molecule has 1 unspecified atom stereocenters. The van der Waals surface area contributed by atoms with Crippen LogP contribution in [0.15, 0.2) is 11.0 Å². The van der Waals surface area contributed by atoms with Gasteiger partial charge in [-0.25, -0.2) is 4.98 Å². The molecule has 0 saturated carbocycles. The standard InChI is InChI=1S/C30H48N2O6S/c1-8-25-31-21(17-39-25)14-19(3)22-15-23-30(7,32(23)12-13-33)11-9-10-18(2)27(36)20(4)28(37)29(5,6)24(34)16-26(35)38-22/h14,17-18,20,22-24,27,33-34,36H,8-13,15-16H2,1-7H3/b19-14+/t18-,20+,22-,23-,24-,27-,30+,32?/m0/s1. The number of β-amino-alcohol motifs (C(OH)–C–C–N with tert-alkyl or cyclic N) is 1. The Hall–Kier alpha value is -1.65. The maximum atomic E-state index is 13.3. The molecule has 1 aromatic heterocycles. The van der Waals surface area contributed by atoms with E-state index in [9.17, 15) is 24.9 Å². The molecule has 3 rings (SSSR count). The van der Waals surface area contributed by atoms with Gasteiger partial charge in [0.15, 0.2) is 0 Å². The second-order valence-electron chi connectivity index (χ2n) is 12.4. The maximum Gasteiger partial charge on any atom is 0.309 e. The number of carbonyl (C=O) groups is 2. The Kier molecular flexibility index (Phi) is 10.5. The van der Waals surface area contributed by atoms with E-state index in [1.54, 1.807) is 32.1 Å². The van der Waals surface area contributed by atoms with Crippen LogP contribution in [0.4, 0.5) is 0 Å². The summed E-state index contributed by atoms with van der Waals surface area (Å²) in [5.41, 5.74) is 0.317. The maximum absolute atomic E-state index is 13.3. The van der Waals surface area contributed by atoms with Crippen molar-refractivity contribution in [1.29, 1.82) is 0 Å². The summed E-state index contributed by atoms with van der Waals surface area (Å²) < 4.78 is 6.01. The van der Waals surface area contributed by atoms with Crippen molar-refractivity contribution in [3.63, 3.8) is 0 Å². The molecule has 0 amide bonds. The van der Waals surface area contributed by atoms with Gasteiger partial charge >= 0.3 is 5.97 Å². The number of esters is 1. The van der Waals surface area contributed by atoms with Gasteiger partial charge in [-0.2, -0.15) is 0 Å². The highest BCUT2D eigenvalue weighted by atomic mass is 32.1. The fourth-order valence-electron chi connectivity index (χ4n) is 6.17. The van der Waals surface area contributed by atoms with Crippen molar-refractivity contribution in [2.75, 3.05) is 13.2 Å². The number of hydrogen-bond donors (Lipinski definition) is 3. The van der Waals surface area contributed by atoms with Gasteiger partial charge in [0.2, 0.25) is 0 Å². The smallest absolute Gasteiger partial charge is 0.309 e. The van der Waals surface area contributed by atoms with E-state index in [0.717, 1.165) is 42.0 Å². The molecule has 3 N–H and O–H groups in total. The van der Waals surface area contributed by atoms with E-state index in [2.05, 4.69) is 23.7 Å². The van der Waals surface area contributed by atoms with Gasteiger partial charge in [-0.15, -0.1) is 11.3 Å². The quantitative estimate of drug-likeness (QED) is 0.363. The molecular formula is C30H48N2O6S. The molecule has 9 heteroatoms. The lowest BCUT2D eigenvalue weighted by Crippen LogP contribution is -2.45. The van der Waals surface area contributed by atoms with E-state index in [1.165, 1.54) is 0 Å². The minimum atomic E-state index is -1.25. The molecule has 0 radical (unpaired) electrons. The SMILES string of the molecule is CCc1nc(/C=C(\C)[C@@H]2C[C@@H]3N(CCO)[C@]3(C)CCC[C@H](C)[C@H](O)[C@@H](C)C(=O)C(C)(C)[C@@H](O)CC(=O)O2)cs1. The highest BCUT2D eigenvalue weighted by molar-refractivity contribution is 7.09. The third-order valence-corrected chi connectivity index (χ3v) is 10.2. The topological polar surface area (TPSA) is 120 Å². The van der Waals surface area contributed by atoms with E-state index in [1.807, 2.05) is 25.3 Å². The number of thiazole rings is 1. The average molecular weight is 565 g/mol. The summed E-state index contributed by atoms with van der Waals surface area (Å²) in [5.74, 6) is -1.60. The first-order chi connectivity index (χ1) is 18.3. The highest BCUT2D eigenvalue weighted by Crippen LogP contribution is 2.48. The Morgan fingerprint density at radius 1 is 1.26 bits per heavy atom. The zero-order chi connectivity index (χ0) is 29.1. The number of fused-ring (bicyclic) bond motifs is 1. The van der Waals surface area contributed by atoms with Crippen LogP contribution < -0.4 is 0 Å². The Morgan fingerprint density at radius 2 is 1.95 bits per heavy atom. The molecule has 0 aliphatic carbocycles. The fourth-order valence-corrected chi connectivity index (χ4v) is 6.87. The minimum Gasteiger partial charge on any atom is -0.458 e. The summed E-state index contributed by atoms with van der Waals surface area (Å²) in [6.45, 7) is 13.7. The van der Waals surface area contributed by atoms with Crippen LogP contribution >= 0.6 is 11.3 Å². The third-order valence-electron chi connectivity index (χ3n) is 9.17. The molecule has 8 nitrogen and oxygen atoms in total. The summed E-state index contributed by atoms with van der Waals surface area (Å²) in [6.07, 6.45) is 2.93. The predicted octanol–water partition coefficient (Wildman–Crippen LogP) is 4.01. The van der Waals surface area contributed by atoms with Crippen molar-refractivity contribution in [2.24, 2.45) is 17.3 Å². The van der Waals surface area contributed by atoms with Gasteiger partial charge in [-0.05, 0) is 50.7 Å². The highest BCUT2D eigenvalue weighted by Gasteiger charge is 2.58. The van der Waals surface area contributed by atoms with Gasteiger partial charge in [-0.1, -0.05) is 41.0 Å². The monoisotopic (exact) mass is 564 g/mol. The number of nitrogens with zero attached hydrogens (tertiary/aromatic N) is 2. The molecule has 2 aliphatic rings. The van der Waals surface area contributed by atoms with Crippen molar-refractivity contribution >= 4 is 29.2 Å². The summed E-state index contributed by atoms with van der Waals surface area (Å²) in [4.78, 5) is 33.4. The molecule has 2 aliphatic heterocycles. The molecule has 8 atom stereocenters. The van der Waals surface area contributed by atoms with Gasteiger partial charge in [0.1, 0.15) is 11.9 Å². The first kappa shape index (κ1) is 31.9. The second-order valence-corrected chi connectivity index (χ2v) is 13.3. The Labute approximate surface area is 237 Å². The summed E-state index contributed by atoms with van der Waals surface area (Å²) >= 11 is 1.60. The predicted molar refractivity (Wildman–Crippen MR) is 153 cm³/mol. The number of aromatic nitrogens is 1. The number of carbonyl (C=O) groups excluding carboxylic acids is 2. The number of aryl methyl sites for hydroxylation is 1. The molecule has 220 valence electrons. The first-order valence-corrected chi connectivity index (χ1v) is 15.2. The third kappa shape index (κ3) is 7.17. The van der Waals surface area contributed by atoms with Gasteiger partial charge < -0.3 is 20.1 Å².